The van der Waals surface area contributed by atoms with E-state index in [4.69, 9.17) is 4.74 Å². The molecule has 1 aromatic rings. The van der Waals surface area contributed by atoms with Gasteiger partial charge in [0.05, 0.1) is 17.0 Å². The van der Waals surface area contributed by atoms with E-state index in [1.807, 2.05) is 12.1 Å². The van der Waals surface area contributed by atoms with Gasteiger partial charge in [-0.3, -0.25) is 4.79 Å². The molecule has 0 radical (unpaired) electrons. The first-order chi connectivity index (χ1) is 7.49. The lowest BCUT2D eigenvalue weighted by Crippen LogP contribution is -2.29. The van der Waals surface area contributed by atoms with Crippen LogP contribution in [0.5, 0.6) is 5.75 Å². The van der Waals surface area contributed by atoms with Gasteiger partial charge in [-0.05, 0) is 59.0 Å². The van der Waals surface area contributed by atoms with Crippen molar-refractivity contribution in [3.8, 4) is 5.75 Å². The fourth-order valence-electron chi connectivity index (χ4n) is 2.21. The van der Waals surface area contributed by atoms with Crippen molar-refractivity contribution in [2.75, 3.05) is 7.11 Å². The Morgan fingerprint density at radius 2 is 2.25 bits per heavy atom. The second-order valence-electron chi connectivity index (χ2n) is 4.28. The van der Waals surface area contributed by atoms with Crippen molar-refractivity contribution >= 4 is 21.9 Å². The minimum atomic E-state index is -0.774. The lowest BCUT2D eigenvalue weighted by atomic mass is 9.84. The summed E-state index contributed by atoms with van der Waals surface area (Å²) in [6.45, 7) is 1.77. The van der Waals surface area contributed by atoms with Crippen LogP contribution in [0.4, 0.5) is 0 Å². The summed E-state index contributed by atoms with van der Waals surface area (Å²) in [5.74, 6) is -0.0799. The van der Waals surface area contributed by atoms with Crippen LogP contribution >= 0.6 is 15.9 Å². The van der Waals surface area contributed by atoms with Gasteiger partial charge in [-0.1, -0.05) is 0 Å². The number of carboxylic acids is 1. The molecule has 2 rings (SSSR count). The molecule has 16 heavy (non-hydrogen) atoms. The molecule has 1 aliphatic carbocycles. The number of carbonyl (C=O) groups is 1. The normalized spacial score (nSPS) is 22.9. The van der Waals surface area contributed by atoms with Crippen molar-refractivity contribution in [1.82, 2.24) is 0 Å². The molecule has 0 aliphatic heterocycles. The Morgan fingerprint density at radius 1 is 1.56 bits per heavy atom. The highest BCUT2D eigenvalue weighted by molar-refractivity contribution is 9.10. The Bertz CT molecular complexity index is 456. The van der Waals surface area contributed by atoms with Gasteiger partial charge in [0.2, 0.25) is 0 Å². The zero-order chi connectivity index (χ0) is 11.9. The predicted molar refractivity (Wildman–Crippen MR) is 64.0 cm³/mol. The first kappa shape index (κ1) is 11.5. The summed E-state index contributed by atoms with van der Waals surface area (Å²) in [5, 5.41) is 9.30. The molecule has 1 aromatic carbocycles. The number of hydrogen-bond acceptors (Lipinski definition) is 2. The highest BCUT2D eigenvalue weighted by Gasteiger charge is 2.41. The summed E-state index contributed by atoms with van der Waals surface area (Å²) < 4.78 is 6.08. The first-order valence-electron chi connectivity index (χ1n) is 5.09. The number of halogens is 1. The van der Waals surface area contributed by atoms with Gasteiger partial charge in [0.25, 0.3) is 0 Å². The van der Waals surface area contributed by atoms with E-state index in [1.165, 1.54) is 0 Å². The number of ether oxygens (including phenoxy) is 1. The second kappa shape index (κ2) is 3.77. The van der Waals surface area contributed by atoms with Crippen molar-refractivity contribution in [1.29, 1.82) is 0 Å². The number of benzene rings is 1. The molecule has 1 N–H and O–H groups in total. The van der Waals surface area contributed by atoms with Crippen molar-refractivity contribution in [2.45, 2.75) is 25.2 Å². The van der Waals surface area contributed by atoms with Crippen molar-refractivity contribution in [3.63, 3.8) is 0 Å². The molecule has 1 atom stereocenters. The average Bonchev–Trinajstić information content (AvgIpc) is 2.56. The number of aliphatic carboxylic acids is 1. The van der Waals surface area contributed by atoms with Gasteiger partial charge in [-0.25, -0.2) is 0 Å². The maximum Gasteiger partial charge on any atom is 0.313 e. The summed E-state index contributed by atoms with van der Waals surface area (Å²) in [6.07, 6.45) is 1.46. The Hall–Kier alpha value is -1.03. The average molecular weight is 285 g/mol. The molecule has 0 heterocycles. The molecule has 0 bridgehead atoms. The summed E-state index contributed by atoms with van der Waals surface area (Å²) in [4.78, 5) is 11.3. The van der Waals surface area contributed by atoms with E-state index in [9.17, 15) is 9.90 Å². The number of hydrogen-bond donors (Lipinski definition) is 1. The van der Waals surface area contributed by atoms with Gasteiger partial charge in [0.1, 0.15) is 5.75 Å². The Balaban J connectivity index is 2.59. The molecule has 0 spiro atoms. The fraction of sp³-hybridized carbons (Fsp3) is 0.417. The number of aryl methyl sites for hydroxylation is 1. The largest absolute Gasteiger partial charge is 0.496 e. The van der Waals surface area contributed by atoms with Crippen LogP contribution in [0.15, 0.2) is 16.6 Å². The van der Waals surface area contributed by atoms with E-state index in [-0.39, 0.29) is 0 Å². The predicted octanol–water partition coefficient (Wildman–Crippen LogP) is 2.75. The molecule has 0 amide bonds. The topological polar surface area (TPSA) is 46.5 Å². The molecule has 4 heteroatoms. The van der Waals surface area contributed by atoms with Crippen LogP contribution in [0.3, 0.4) is 0 Å². The van der Waals surface area contributed by atoms with Gasteiger partial charge < -0.3 is 9.84 Å². The van der Waals surface area contributed by atoms with Gasteiger partial charge in [-0.15, -0.1) is 0 Å². The van der Waals surface area contributed by atoms with Gasteiger partial charge in [0.15, 0.2) is 0 Å². The van der Waals surface area contributed by atoms with Crippen molar-refractivity contribution in [2.24, 2.45) is 0 Å². The third-order valence-electron chi connectivity index (χ3n) is 3.34. The Kier molecular flexibility index (Phi) is 2.70. The summed E-state index contributed by atoms with van der Waals surface area (Å²) >= 11 is 3.41. The first-order valence-corrected chi connectivity index (χ1v) is 5.88. The van der Waals surface area contributed by atoms with Crippen LogP contribution in [-0.4, -0.2) is 18.2 Å². The SMILES string of the molecule is COc1cc2c(cc1Br)CCC2(C)C(=O)O. The second-order valence-corrected chi connectivity index (χ2v) is 5.14. The van der Waals surface area contributed by atoms with Crippen LogP contribution in [0.25, 0.3) is 0 Å². The molecule has 86 valence electrons. The van der Waals surface area contributed by atoms with E-state index < -0.39 is 11.4 Å². The number of rotatable bonds is 2. The van der Waals surface area contributed by atoms with Crippen LogP contribution in [-0.2, 0) is 16.6 Å². The van der Waals surface area contributed by atoms with Gasteiger partial charge in [0, 0.05) is 0 Å². The summed E-state index contributed by atoms with van der Waals surface area (Å²) in [6, 6.07) is 3.79. The zero-order valence-electron chi connectivity index (χ0n) is 9.21. The van der Waals surface area contributed by atoms with Crippen LogP contribution in [0.2, 0.25) is 0 Å². The van der Waals surface area contributed by atoms with Gasteiger partial charge in [-0.2, -0.15) is 0 Å². The van der Waals surface area contributed by atoms with E-state index in [0.29, 0.717) is 12.2 Å². The number of fused-ring (bicyclic) bond motifs is 1. The van der Waals surface area contributed by atoms with Crippen molar-refractivity contribution < 1.29 is 14.6 Å². The molecule has 0 aromatic heterocycles. The summed E-state index contributed by atoms with van der Waals surface area (Å²) in [5.41, 5.74) is 1.20. The lowest BCUT2D eigenvalue weighted by molar-refractivity contribution is -0.143. The number of methoxy groups -OCH3 is 1. The third-order valence-corrected chi connectivity index (χ3v) is 3.96. The molecular formula is C12H13BrO3. The summed E-state index contributed by atoms with van der Waals surface area (Å²) in [7, 11) is 1.58. The third kappa shape index (κ3) is 1.52. The Labute approximate surface area is 103 Å². The highest BCUT2D eigenvalue weighted by Crippen LogP contribution is 2.43. The Morgan fingerprint density at radius 3 is 2.81 bits per heavy atom. The zero-order valence-corrected chi connectivity index (χ0v) is 10.8. The monoisotopic (exact) mass is 284 g/mol. The quantitative estimate of drug-likeness (QED) is 0.908. The molecule has 3 nitrogen and oxygen atoms in total. The molecule has 0 saturated heterocycles. The van der Waals surface area contributed by atoms with E-state index >= 15 is 0 Å². The van der Waals surface area contributed by atoms with E-state index in [1.54, 1.807) is 14.0 Å². The van der Waals surface area contributed by atoms with Crippen molar-refractivity contribution in [3.05, 3.63) is 27.7 Å². The lowest BCUT2D eigenvalue weighted by Gasteiger charge is -2.20. The molecule has 0 fully saturated rings. The van der Waals surface area contributed by atoms with Crippen LogP contribution < -0.4 is 4.74 Å². The maximum absolute atomic E-state index is 11.3. The van der Waals surface area contributed by atoms with Crippen LogP contribution in [0.1, 0.15) is 24.5 Å². The smallest absolute Gasteiger partial charge is 0.313 e. The molecule has 0 saturated carbocycles. The highest BCUT2D eigenvalue weighted by atomic mass is 79.9. The molecule has 1 aliphatic rings. The molecular weight excluding hydrogens is 272 g/mol. The molecule has 1 unspecified atom stereocenters. The minimum absolute atomic E-state index is 0.650. The van der Waals surface area contributed by atoms with Crippen LogP contribution in [0, 0.1) is 0 Å². The fourth-order valence-corrected chi connectivity index (χ4v) is 2.77. The minimum Gasteiger partial charge on any atom is -0.496 e. The van der Waals surface area contributed by atoms with E-state index in [0.717, 1.165) is 22.0 Å². The number of carboxylic acid groups (broad SMARTS) is 1. The maximum atomic E-state index is 11.3. The van der Waals surface area contributed by atoms with E-state index in [2.05, 4.69) is 15.9 Å². The van der Waals surface area contributed by atoms with Gasteiger partial charge >= 0.3 is 5.97 Å². The standard InChI is InChI=1S/C12H13BrO3/c1-12(11(14)15)4-3-7-5-9(13)10(16-2)6-8(7)12/h5-6H,3-4H2,1-2H3,(H,14,15).